The topological polar surface area (TPSA) is 30.7 Å². The van der Waals surface area contributed by atoms with Crippen molar-refractivity contribution in [1.29, 1.82) is 0 Å². The molecular formula is C37H39N3. The second-order valence-corrected chi connectivity index (χ2v) is 11.1. The minimum atomic E-state index is -0.469. The van der Waals surface area contributed by atoms with E-state index in [-0.39, 0.29) is 0 Å². The molecule has 0 radical (unpaired) electrons. The van der Waals surface area contributed by atoms with Gasteiger partial charge in [0.1, 0.15) is 11.2 Å². The number of hydrogen-bond acceptors (Lipinski definition) is 2. The van der Waals surface area contributed by atoms with E-state index in [4.69, 9.17) is 10.2 Å². The lowest BCUT2D eigenvalue weighted by Crippen LogP contribution is -2.46. The molecule has 1 saturated carbocycles. The van der Waals surface area contributed by atoms with Crippen LogP contribution in [-0.4, -0.2) is 15.0 Å². The number of benzene rings is 4. The summed E-state index contributed by atoms with van der Waals surface area (Å²) in [6, 6.07) is 39.6. The smallest absolute Gasteiger partial charge is 0.135 e. The molecule has 1 aliphatic carbocycles. The van der Waals surface area contributed by atoms with Crippen LogP contribution in [0.3, 0.4) is 0 Å². The van der Waals surface area contributed by atoms with E-state index < -0.39 is 5.54 Å². The molecule has 0 aliphatic heterocycles. The van der Waals surface area contributed by atoms with Crippen molar-refractivity contribution in [3.8, 4) is 22.4 Å². The van der Waals surface area contributed by atoms with E-state index in [1.807, 2.05) is 0 Å². The third-order valence-electron chi connectivity index (χ3n) is 8.81. The van der Waals surface area contributed by atoms with Crippen molar-refractivity contribution >= 4 is 0 Å². The first-order valence-corrected chi connectivity index (χ1v) is 15.0. The highest BCUT2D eigenvalue weighted by atomic mass is 15.5. The zero-order valence-electron chi connectivity index (χ0n) is 23.8. The van der Waals surface area contributed by atoms with Gasteiger partial charge in [-0.2, -0.15) is 15.0 Å². The fraction of sp³-hybridized carbons (Fsp3) is 0.297. The van der Waals surface area contributed by atoms with Crippen LogP contribution in [0.4, 0.5) is 0 Å². The first kappa shape index (κ1) is 26.3. The van der Waals surface area contributed by atoms with Gasteiger partial charge in [0.2, 0.25) is 0 Å². The number of rotatable bonds is 8. The quantitative estimate of drug-likeness (QED) is 0.202. The Labute approximate surface area is 238 Å². The van der Waals surface area contributed by atoms with Gasteiger partial charge in [-0.1, -0.05) is 142 Å². The van der Waals surface area contributed by atoms with Crippen molar-refractivity contribution in [2.24, 2.45) is 5.92 Å². The number of aryl methyl sites for hydroxylation is 2. The zero-order valence-corrected chi connectivity index (χ0v) is 23.8. The summed E-state index contributed by atoms with van der Waals surface area (Å²) in [6.07, 6.45) is 8.00. The van der Waals surface area contributed by atoms with Crippen molar-refractivity contribution in [3.63, 3.8) is 0 Å². The van der Waals surface area contributed by atoms with Gasteiger partial charge in [-0.25, -0.2) is 0 Å². The monoisotopic (exact) mass is 525 g/mol. The predicted molar refractivity (Wildman–Crippen MR) is 165 cm³/mol. The number of hydrogen-bond donors (Lipinski definition) is 0. The average Bonchev–Trinajstić information content (AvgIpc) is 3.47. The fourth-order valence-electron chi connectivity index (χ4n) is 6.74. The highest BCUT2D eigenvalue weighted by Crippen LogP contribution is 2.47. The Balaban J connectivity index is 1.59. The summed E-state index contributed by atoms with van der Waals surface area (Å²) in [6.45, 7) is 4.40. The fourth-order valence-corrected chi connectivity index (χ4v) is 6.74. The van der Waals surface area contributed by atoms with E-state index in [1.165, 1.54) is 59.9 Å². The molecule has 0 unspecified atom stereocenters. The molecule has 40 heavy (non-hydrogen) atoms. The van der Waals surface area contributed by atoms with Crippen LogP contribution in [0.15, 0.2) is 109 Å². The van der Waals surface area contributed by atoms with Crippen molar-refractivity contribution < 1.29 is 0 Å². The molecule has 0 spiro atoms. The maximum Gasteiger partial charge on any atom is 0.135 e. The summed E-state index contributed by atoms with van der Waals surface area (Å²) in [5.41, 5.74) is 9.01. The van der Waals surface area contributed by atoms with Gasteiger partial charge >= 0.3 is 0 Å². The Morgan fingerprint density at radius 1 is 0.625 bits per heavy atom. The van der Waals surface area contributed by atoms with E-state index >= 15 is 0 Å². The third-order valence-corrected chi connectivity index (χ3v) is 8.81. The minimum absolute atomic E-state index is 0.410. The lowest BCUT2D eigenvalue weighted by atomic mass is 9.67. The van der Waals surface area contributed by atoms with E-state index in [2.05, 4.69) is 128 Å². The first-order chi connectivity index (χ1) is 19.8. The van der Waals surface area contributed by atoms with Gasteiger partial charge in [-0.05, 0) is 59.4 Å². The lowest BCUT2D eigenvalue weighted by molar-refractivity contribution is 0.173. The van der Waals surface area contributed by atoms with Crippen LogP contribution in [0.1, 0.15) is 68.3 Å². The summed E-state index contributed by atoms with van der Waals surface area (Å²) in [5, 5.41) is 10.9. The normalized spacial score (nSPS) is 14.3. The van der Waals surface area contributed by atoms with Gasteiger partial charge in [0.25, 0.3) is 0 Å². The van der Waals surface area contributed by atoms with E-state index in [0.29, 0.717) is 5.92 Å². The highest BCUT2D eigenvalue weighted by Gasteiger charge is 2.46. The van der Waals surface area contributed by atoms with Crippen molar-refractivity contribution in [2.45, 2.75) is 64.3 Å². The molecule has 0 amide bonds. The maximum atomic E-state index is 5.48. The summed E-state index contributed by atoms with van der Waals surface area (Å²) in [7, 11) is 0. The molecule has 3 nitrogen and oxygen atoms in total. The molecule has 3 heteroatoms. The largest absolute Gasteiger partial charge is 0.168 e. The molecule has 1 heterocycles. The Hall–Kier alpha value is -3.98. The Bertz CT molecular complexity index is 1490. The summed E-state index contributed by atoms with van der Waals surface area (Å²) >= 11 is 0. The van der Waals surface area contributed by atoms with Gasteiger partial charge in [-0.3, -0.25) is 0 Å². The summed E-state index contributed by atoms with van der Waals surface area (Å²) in [5.74, 6) is 0.410. The molecule has 0 atom stereocenters. The van der Waals surface area contributed by atoms with Crippen LogP contribution in [0, 0.1) is 5.92 Å². The second kappa shape index (κ2) is 11.6. The van der Waals surface area contributed by atoms with Crippen LogP contribution in [0.25, 0.3) is 22.4 Å². The van der Waals surface area contributed by atoms with Crippen LogP contribution >= 0.6 is 0 Å². The second-order valence-electron chi connectivity index (χ2n) is 11.1. The molecule has 0 saturated heterocycles. The molecule has 4 aromatic carbocycles. The van der Waals surface area contributed by atoms with Crippen LogP contribution < -0.4 is 0 Å². The summed E-state index contributed by atoms with van der Waals surface area (Å²) < 4.78 is 0. The molecule has 1 aromatic heterocycles. The molecular weight excluding hydrogens is 486 g/mol. The molecule has 1 aliphatic rings. The molecule has 1 fully saturated rings. The van der Waals surface area contributed by atoms with Crippen LogP contribution in [-0.2, 0) is 18.4 Å². The minimum Gasteiger partial charge on any atom is -0.168 e. The van der Waals surface area contributed by atoms with Crippen molar-refractivity contribution in [1.82, 2.24) is 15.0 Å². The SMILES string of the molecule is CCc1ccc(-c2ccccc2-c2nn(C(c3ccccc3)(c3ccccc3)C3CCCCC3)nc2CC)cc1. The van der Waals surface area contributed by atoms with Crippen LogP contribution in [0.2, 0.25) is 0 Å². The van der Waals surface area contributed by atoms with Gasteiger partial charge in [0.15, 0.2) is 0 Å². The van der Waals surface area contributed by atoms with E-state index in [9.17, 15) is 0 Å². The Morgan fingerprint density at radius 3 is 1.77 bits per heavy atom. The standard InChI is InChI=1S/C37H39N3/c1-3-28-24-26-29(27-25-28)33-22-14-15-23-34(33)36-35(4-2)38-40(39-36)37(30-16-8-5-9-17-30,31-18-10-6-11-19-31)32-20-12-7-13-21-32/h5-6,8-11,14-19,22-27,32H,3-4,7,12-13,20-21H2,1-2H3. The van der Waals surface area contributed by atoms with Crippen molar-refractivity contribution in [3.05, 3.63) is 132 Å². The third kappa shape index (κ3) is 4.68. The Morgan fingerprint density at radius 2 is 1.20 bits per heavy atom. The van der Waals surface area contributed by atoms with Crippen LogP contribution in [0.5, 0.6) is 0 Å². The van der Waals surface area contributed by atoms with Gasteiger partial charge < -0.3 is 0 Å². The molecule has 202 valence electrons. The number of aromatic nitrogens is 3. The molecule has 5 aromatic rings. The molecule has 0 bridgehead atoms. The van der Waals surface area contributed by atoms with Gasteiger partial charge in [-0.15, -0.1) is 0 Å². The zero-order chi connectivity index (χ0) is 27.4. The maximum absolute atomic E-state index is 5.48. The lowest BCUT2D eigenvalue weighted by Gasteiger charge is -2.43. The Kier molecular flexibility index (Phi) is 7.64. The summed E-state index contributed by atoms with van der Waals surface area (Å²) in [4.78, 5) is 2.11. The van der Waals surface area contributed by atoms with Gasteiger partial charge in [0, 0.05) is 5.56 Å². The number of nitrogens with zero attached hydrogens (tertiary/aromatic N) is 3. The van der Waals surface area contributed by atoms with Gasteiger partial charge in [0.05, 0.1) is 5.69 Å². The predicted octanol–water partition coefficient (Wildman–Crippen LogP) is 9.11. The molecule has 6 rings (SSSR count). The average molecular weight is 526 g/mol. The first-order valence-electron chi connectivity index (χ1n) is 15.0. The van der Waals surface area contributed by atoms with Crippen molar-refractivity contribution in [2.75, 3.05) is 0 Å². The van der Waals surface area contributed by atoms with E-state index in [1.54, 1.807) is 0 Å². The molecule has 0 N–H and O–H groups in total. The van der Waals surface area contributed by atoms with E-state index in [0.717, 1.165) is 29.8 Å². The highest BCUT2D eigenvalue weighted by molar-refractivity contribution is 5.82.